The van der Waals surface area contributed by atoms with E-state index in [0.29, 0.717) is 17.3 Å². The van der Waals surface area contributed by atoms with E-state index in [1.54, 1.807) is 18.2 Å². The highest BCUT2D eigenvalue weighted by atomic mass is 79.9. The van der Waals surface area contributed by atoms with Crippen molar-refractivity contribution in [3.8, 4) is 5.75 Å². The van der Waals surface area contributed by atoms with Gasteiger partial charge < -0.3 is 9.64 Å². The van der Waals surface area contributed by atoms with E-state index in [4.69, 9.17) is 17.0 Å². The predicted molar refractivity (Wildman–Crippen MR) is 119 cm³/mol. The maximum Gasteiger partial charge on any atom is 0.257 e. The molecule has 0 bridgehead atoms. The standard InChI is InChI=1S/C21H24BrN3O2S/c1-2-27-19-9-8-17(14-18(19)22)20(26)23-21(28)25-12-10-24(11-13-25)15-16-6-4-3-5-7-16/h3-9,14H,2,10-13,15H2,1H3,(H,23,26,28). The zero-order valence-corrected chi connectivity index (χ0v) is 18.3. The number of hydrogen-bond acceptors (Lipinski definition) is 4. The summed E-state index contributed by atoms with van der Waals surface area (Å²) in [6.45, 7) is 6.88. The molecule has 0 aliphatic carbocycles. The Labute approximate surface area is 179 Å². The molecule has 3 rings (SSSR count). The highest BCUT2D eigenvalue weighted by Gasteiger charge is 2.20. The van der Waals surface area contributed by atoms with E-state index in [1.807, 2.05) is 13.0 Å². The lowest BCUT2D eigenvalue weighted by atomic mass is 10.2. The topological polar surface area (TPSA) is 44.8 Å². The van der Waals surface area contributed by atoms with Crippen LogP contribution >= 0.6 is 28.1 Å². The lowest BCUT2D eigenvalue weighted by Gasteiger charge is -2.36. The van der Waals surface area contributed by atoms with Gasteiger partial charge in [0, 0.05) is 38.3 Å². The van der Waals surface area contributed by atoms with Crippen molar-refractivity contribution >= 4 is 39.2 Å². The molecule has 0 unspecified atom stereocenters. The first kappa shape index (κ1) is 20.8. The number of thiocarbonyl (C=S) groups is 1. The number of nitrogens with one attached hydrogen (secondary N) is 1. The molecule has 5 nitrogen and oxygen atoms in total. The molecule has 1 amide bonds. The minimum atomic E-state index is -0.208. The highest BCUT2D eigenvalue weighted by Crippen LogP contribution is 2.26. The minimum absolute atomic E-state index is 0.208. The van der Waals surface area contributed by atoms with Crippen molar-refractivity contribution in [2.75, 3.05) is 32.8 Å². The van der Waals surface area contributed by atoms with Crippen LogP contribution in [0.15, 0.2) is 53.0 Å². The summed E-state index contributed by atoms with van der Waals surface area (Å²) in [4.78, 5) is 17.0. The summed E-state index contributed by atoms with van der Waals surface area (Å²) in [5.74, 6) is 0.511. The summed E-state index contributed by atoms with van der Waals surface area (Å²) in [6.07, 6.45) is 0. The highest BCUT2D eigenvalue weighted by molar-refractivity contribution is 9.10. The number of nitrogens with zero attached hydrogens (tertiary/aromatic N) is 2. The van der Waals surface area contributed by atoms with Crippen LogP contribution in [0, 0.1) is 0 Å². The molecule has 2 aromatic carbocycles. The summed E-state index contributed by atoms with van der Waals surface area (Å²) in [5.41, 5.74) is 1.85. The lowest BCUT2D eigenvalue weighted by molar-refractivity contribution is 0.0969. The average Bonchev–Trinajstić information content (AvgIpc) is 2.71. The number of ether oxygens (including phenoxy) is 1. The molecular weight excluding hydrogens is 438 g/mol. The van der Waals surface area contributed by atoms with E-state index in [2.05, 4.69) is 55.3 Å². The summed E-state index contributed by atoms with van der Waals surface area (Å²) >= 11 is 8.90. The zero-order valence-electron chi connectivity index (χ0n) is 15.9. The zero-order chi connectivity index (χ0) is 19.9. The lowest BCUT2D eigenvalue weighted by Crippen LogP contribution is -2.52. The molecule has 0 atom stereocenters. The molecule has 1 aliphatic heterocycles. The van der Waals surface area contributed by atoms with Gasteiger partial charge in [0.1, 0.15) is 5.75 Å². The maximum absolute atomic E-state index is 12.5. The second-order valence-corrected chi connectivity index (χ2v) is 7.83. The number of carbonyl (C=O) groups excluding carboxylic acids is 1. The van der Waals surface area contributed by atoms with Crippen molar-refractivity contribution in [3.05, 3.63) is 64.1 Å². The van der Waals surface area contributed by atoms with Gasteiger partial charge in [-0.25, -0.2) is 0 Å². The third kappa shape index (κ3) is 5.53. The van der Waals surface area contributed by atoms with Gasteiger partial charge in [0.25, 0.3) is 5.91 Å². The molecule has 28 heavy (non-hydrogen) atoms. The van der Waals surface area contributed by atoms with Crippen molar-refractivity contribution in [3.63, 3.8) is 0 Å². The van der Waals surface area contributed by atoms with Gasteiger partial charge in [-0.15, -0.1) is 0 Å². The molecule has 1 N–H and O–H groups in total. The number of piperazine rings is 1. The Balaban J connectivity index is 1.50. The molecule has 2 aromatic rings. The van der Waals surface area contributed by atoms with Crippen LogP contribution in [0.2, 0.25) is 0 Å². The third-order valence-corrected chi connectivity index (χ3v) is 5.60. The maximum atomic E-state index is 12.5. The number of carbonyl (C=O) groups is 1. The average molecular weight is 462 g/mol. The van der Waals surface area contributed by atoms with Crippen molar-refractivity contribution < 1.29 is 9.53 Å². The van der Waals surface area contributed by atoms with Crippen LogP contribution in [-0.4, -0.2) is 53.6 Å². The Morgan fingerprint density at radius 2 is 1.86 bits per heavy atom. The molecule has 0 spiro atoms. The van der Waals surface area contributed by atoms with Crippen LogP contribution < -0.4 is 10.1 Å². The van der Waals surface area contributed by atoms with E-state index < -0.39 is 0 Å². The first-order chi connectivity index (χ1) is 13.6. The van der Waals surface area contributed by atoms with Crippen LogP contribution in [0.4, 0.5) is 0 Å². The number of hydrogen-bond donors (Lipinski definition) is 1. The van der Waals surface area contributed by atoms with Gasteiger partial charge in [-0.1, -0.05) is 30.3 Å². The summed E-state index contributed by atoms with van der Waals surface area (Å²) in [5, 5.41) is 3.33. The largest absolute Gasteiger partial charge is 0.493 e. The van der Waals surface area contributed by atoms with E-state index in [9.17, 15) is 4.79 Å². The van der Waals surface area contributed by atoms with Gasteiger partial charge in [0.05, 0.1) is 11.1 Å². The Hall–Kier alpha value is -1.96. The Bertz CT molecular complexity index is 824. The van der Waals surface area contributed by atoms with E-state index in [1.165, 1.54) is 5.56 Å². The van der Waals surface area contributed by atoms with Crippen LogP contribution in [0.5, 0.6) is 5.75 Å². The van der Waals surface area contributed by atoms with Crippen molar-refractivity contribution in [2.45, 2.75) is 13.5 Å². The predicted octanol–water partition coefficient (Wildman–Crippen LogP) is 3.68. The van der Waals surface area contributed by atoms with Crippen LogP contribution in [0.3, 0.4) is 0 Å². The fourth-order valence-electron chi connectivity index (χ4n) is 3.11. The second-order valence-electron chi connectivity index (χ2n) is 6.59. The molecule has 1 saturated heterocycles. The van der Waals surface area contributed by atoms with Crippen LogP contribution in [0.1, 0.15) is 22.8 Å². The number of benzene rings is 2. The molecule has 1 aliphatic rings. The smallest absolute Gasteiger partial charge is 0.257 e. The first-order valence-corrected chi connectivity index (χ1v) is 10.6. The molecule has 0 saturated carbocycles. The number of halogens is 1. The third-order valence-electron chi connectivity index (χ3n) is 4.62. The van der Waals surface area contributed by atoms with Gasteiger partial charge in [-0.3, -0.25) is 15.0 Å². The molecular formula is C21H24BrN3O2S. The summed E-state index contributed by atoms with van der Waals surface area (Å²) < 4.78 is 6.24. The number of amides is 1. The first-order valence-electron chi connectivity index (χ1n) is 9.35. The van der Waals surface area contributed by atoms with Crippen molar-refractivity contribution in [1.82, 2.24) is 15.1 Å². The molecule has 0 aromatic heterocycles. The Morgan fingerprint density at radius 3 is 2.50 bits per heavy atom. The fraction of sp³-hybridized carbons (Fsp3) is 0.333. The van der Waals surface area contributed by atoms with Gasteiger partial charge in [-0.2, -0.15) is 0 Å². The van der Waals surface area contributed by atoms with E-state index in [-0.39, 0.29) is 5.91 Å². The summed E-state index contributed by atoms with van der Waals surface area (Å²) in [7, 11) is 0. The molecule has 148 valence electrons. The van der Waals surface area contributed by atoms with Gasteiger partial charge in [-0.05, 0) is 58.8 Å². The second kappa shape index (κ2) is 10.0. The Morgan fingerprint density at radius 1 is 1.14 bits per heavy atom. The molecule has 1 heterocycles. The van der Waals surface area contributed by atoms with Crippen LogP contribution in [-0.2, 0) is 6.54 Å². The van der Waals surface area contributed by atoms with Gasteiger partial charge >= 0.3 is 0 Å². The van der Waals surface area contributed by atoms with Gasteiger partial charge in [0.2, 0.25) is 0 Å². The number of rotatable bonds is 5. The monoisotopic (exact) mass is 461 g/mol. The fourth-order valence-corrected chi connectivity index (χ4v) is 3.88. The van der Waals surface area contributed by atoms with Gasteiger partial charge in [0.15, 0.2) is 5.11 Å². The van der Waals surface area contributed by atoms with E-state index >= 15 is 0 Å². The minimum Gasteiger partial charge on any atom is -0.493 e. The van der Waals surface area contributed by atoms with Crippen molar-refractivity contribution in [2.24, 2.45) is 0 Å². The molecule has 1 fully saturated rings. The summed E-state index contributed by atoms with van der Waals surface area (Å²) in [6, 6.07) is 15.7. The normalized spacial score (nSPS) is 14.6. The SMILES string of the molecule is CCOc1ccc(C(=O)NC(=S)N2CCN(Cc3ccccc3)CC2)cc1Br. The molecule has 0 radical (unpaired) electrons. The van der Waals surface area contributed by atoms with Crippen LogP contribution in [0.25, 0.3) is 0 Å². The van der Waals surface area contributed by atoms with Crippen molar-refractivity contribution in [1.29, 1.82) is 0 Å². The Kier molecular flexibility index (Phi) is 7.42. The quantitative estimate of drug-likeness (QED) is 0.687. The molecule has 7 heteroatoms. The van der Waals surface area contributed by atoms with E-state index in [0.717, 1.165) is 42.9 Å².